The van der Waals surface area contributed by atoms with Gasteiger partial charge >= 0.3 is 0 Å². The van der Waals surface area contributed by atoms with Gasteiger partial charge in [-0.1, -0.05) is 20.8 Å². The van der Waals surface area contributed by atoms with Gasteiger partial charge in [-0.15, -0.1) is 0 Å². The van der Waals surface area contributed by atoms with Crippen LogP contribution >= 0.6 is 7.60 Å². The van der Waals surface area contributed by atoms with Crippen LogP contribution in [-0.2, 0) is 9.40 Å². The normalized spacial score (nSPS) is 16.6. The second-order valence-electron chi connectivity index (χ2n) is 5.96. The fraction of sp³-hybridized carbons (Fsp3) is 1.00. The molecule has 0 fully saturated rings. The Bertz CT molecular complexity index is 274. The molecule has 0 radical (unpaired) electrons. The molecular formula is C10H22NO4P-2. The highest BCUT2D eigenvalue weighted by atomic mass is 31.2. The van der Waals surface area contributed by atoms with E-state index in [1.165, 1.54) is 12.2 Å². The molecule has 0 aliphatic heterocycles. The molecule has 0 saturated carbocycles. The van der Waals surface area contributed by atoms with E-state index >= 15 is 0 Å². The van der Waals surface area contributed by atoms with Crippen molar-refractivity contribution in [2.45, 2.75) is 52.9 Å². The Kier molecular flexibility index (Phi) is 4.77. The summed E-state index contributed by atoms with van der Waals surface area (Å²) in [6, 6.07) is 0. The van der Waals surface area contributed by atoms with Gasteiger partial charge in [0.25, 0.3) is 0 Å². The zero-order valence-corrected chi connectivity index (χ0v) is 12.0. The smallest absolute Gasteiger partial charge is 0.0680 e. The molecule has 0 N–H and O–H groups in total. The first-order valence-electron chi connectivity index (χ1n) is 5.17. The van der Waals surface area contributed by atoms with Gasteiger partial charge in [0.15, 0.2) is 0 Å². The highest BCUT2D eigenvalue weighted by Gasteiger charge is 2.39. The summed E-state index contributed by atoms with van der Waals surface area (Å²) in [6.45, 7) is 10.5. The number of rotatable bonds is 3. The lowest BCUT2D eigenvalue weighted by molar-refractivity contribution is -0.336. The van der Waals surface area contributed by atoms with E-state index in [4.69, 9.17) is 4.84 Å². The van der Waals surface area contributed by atoms with Crippen LogP contribution < -0.4 is 9.79 Å². The van der Waals surface area contributed by atoms with Crippen LogP contribution in [0.5, 0.6) is 0 Å². The van der Waals surface area contributed by atoms with E-state index < -0.39 is 24.3 Å². The van der Waals surface area contributed by atoms with Crippen LogP contribution in [0.1, 0.15) is 41.5 Å². The maximum Gasteiger partial charge on any atom is 0.0680 e. The van der Waals surface area contributed by atoms with Crippen molar-refractivity contribution in [3.8, 4) is 0 Å². The summed E-state index contributed by atoms with van der Waals surface area (Å²) in [4.78, 5) is 27.8. The second kappa shape index (κ2) is 4.75. The fourth-order valence-electron chi connectivity index (χ4n) is 1.70. The second-order valence-corrected chi connectivity index (χ2v) is 7.53. The van der Waals surface area contributed by atoms with Crippen LogP contribution in [0.15, 0.2) is 0 Å². The van der Waals surface area contributed by atoms with Crippen LogP contribution in [0.4, 0.5) is 0 Å². The van der Waals surface area contributed by atoms with Gasteiger partial charge in [0.1, 0.15) is 0 Å². The van der Waals surface area contributed by atoms with Crippen molar-refractivity contribution in [1.82, 2.24) is 5.06 Å². The van der Waals surface area contributed by atoms with Gasteiger partial charge in [-0.2, -0.15) is 5.06 Å². The summed E-state index contributed by atoms with van der Waals surface area (Å²) in [7, 11) is -3.39. The van der Waals surface area contributed by atoms with E-state index in [0.717, 1.165) is 0 Å². The van der Waals surface area contributed by atoms with Crippen molar-refractivity contribution < 1.29 is 19.2 Å². The van der Waals surface area contributed by atoms with E-state index in [1.807, 2.05) is 0 Å². The number of nitrogens with zero attached hydrogens (tertiary/aromatic N) is 1. The SMILES string of the molecule is CON(C(C(C)(C)C)P(=O)([O-])[O-])C(C)(C)C. The minimum absolute atomic E-state index is 0.558. The molecule has 0 rings (SSSR count). The number of hydrogen-bond acceptors (Lipinski definition) is 5. The third-order valence-electron chi connectivity index (χ3n) is 2.15. The predicted molar refractivity (Wildman–Crippen MR) is 59.5 cm³/mol. The lowest BCUT2D eigenvalue weighted by atomic mass is 9.94. The molecule has 0 aromatic heterocycles. The average Bonchev–Trinajstić information content (AvgIpc) is 1.91. The lowest BCUT2D eigenvalue weighted by Gasteiger charge is -2.53. The van der Waals surface area contributed by atoms with Crippen molar-refractivity contribution in [3.05, 3.63) is 0 Å². The lowest BCUT2D eigenvalue weighted by Crippen LogP contribution is -2.55. The molecule has 0 aromatic carbocycles. The first-order chi connectivity index (χ1) is 6.81. The van der Waals surface area contributed by atoms with Crippen molar-refractivity contribution in [2.75, 3.05) is 7.11 Å². The van der Waals surface area contributed by atoms with Crippen molar-refractivity contribution in [1.29, 1.82) is 0 Å². The zero-order valence-electron chi connectivity index (χ0n) is 11.1. The number of hydroxylamine groups is 2. The first kappa shape index (κ1) is 16.1. The first-order valence-corrected chi connectivity index (χ1v) is 6.78. The Morgan fingerprint density at radius 2 is 1.50 bits per heavy atom. The average molecular weight is 251 g/mol. The molecule has 0 bridgehead atoms. The highest BCUT2D eigenvalue weighted by Crippen LogP contribution is 2.47. The molecule has 16 heavy (non-hydrogen) atoms. The molecule has 98 valence electrons. The molecule has 5 nitrogen and oxygen atoms in total. The zero-order chi connectivity index (χ0) is 13.4. The van der Waals surface area contributed by atoms with Crippen LogP contribution in [0, 0.1) is 5.41 Å². The molecule has 1 unspecified atom stereocenters. The summed E-state index contributed by atoms with van der Waals surface area (Å²) in [6.07, 6.45) is 0. The Labute approximate surface area is 97.9 Å². The van der Waals surface area contributed by atoms with Crippen LogP contribution in [0.3, 0.4) is 0 Å². The van der Waals surface area contributed by atoms with Crippen molar-refractivity contribution in [3.63, 3.8) is 0 Å². The molecule has 0 aliphatic rings. The topological polar surface area (TPSA) is 75.7 Å². The summed E-state index contributed by atoms with van der Waals surface area (Å²) in [5, 5.41) is 1.26. The van der Waals surface area contributed by atoms with E-state index in [2.05, 4.69) is 0 Å². The third kappa shape index (κ3) is 4.15. The largest absolute Gasteiger partial charge is 0.810 e. The van der Waals surface area contributed by atoms with E-state index in [9.17, 15) is 14.4 Å². The summed E-state index contributed by atoms with van der Waals surface area (Å²) in [5.74, 6) is -1.19. The quantitative estimate of drug-likeness (QED) is 0.551. The molecular weight excluding hydrogens is 229 g/mol. The maximum absolute atomic E-state index is 11.4. The van der Waals surface area contributed by atoms with Crippen LogP contribution in [0.2, 0.25) is 0 Å². The van der Waals surface area contributed by atoms with Gasteiger partial charge in [0.05, 0.1) is 12.9 Å². The molecule has 6 heteroatoms. The molecule has 0 saturated heterocycles. The Morgan fingerprint density at radius 1 is 1.12 bits per heavy atom. The molecule has 0 spiro atoms. The Hall–Kier alpha value is 0.0700. The Balaban J connectivity index is 5.44. The molecule has 0 amide bonds. The van der Waals surface area contributed by atoms with Gasteiger partial charge < -0.3 is 19.2 Å². The van der Waals surface area contributed by atoms with Crippen LogP contribution in [0.25, 0.3) is 0 Å². The standard InChI is InChI=1S/C10H24NO4P/c1-9(2,3)8(16(12,13)14)11(15-7)10(4,5)6/h8H,1-7H3,(H2,12,13,14)/p-2. The van der Waals surface area contributed by atoms with Crippen LogP contribution in [-0.4, -0.2) is 23.5 Å². The highest BCUT2D eigenvalue weighted by molar-refractivity contribution is 7.49. The van der Waals surface area contributed by atoms with Crippen molar-refractivity contribution >= 4 is 7.60 Å². The van der Waals surface area contributed by atoms with E-state index in [-0.39, 0.29) is 0 Å². The molecule has 1 atom stereocenters. The summed E-state index contributed by atoms with van der Waals surface area (Å²) >= 11 is 0. The minimum atomic E-state index is -4.77. The van der Waals surface area contributed by atoms with E-state index in [0.29, 0.717) is 0 Å². The van der Waals surface area contributed by atoms with E-state index in [1.54, 1.807) is 41.5 Å². The van der Waals surface area contributed by atoms with Crippen molar-refractivity contribution in [2.24, 2.45) is 5.41 Å². The number of hydrogen-bond donors (Lipinski definition) is 0. The summed E-state index contributed by atoms with van der Waals surface area (Å²) < 4.78 is 11.4. The summed E-state index contributed by atoms with van der Waals surface area (Å²) in [5.41, 5.74) is -1.26. The fourth-order valence-corrected chi connectivity index (χ4v) is 3.34. The predicted octanol–water partition coefficient (Wildman–Crippen LogP) is 0.934. The van der Waals surface area contributed by atoms with Gasteiger partial charge in [-0.3, -0.25) is 0 Å². The molecule has 0 aliphatic carbocycles. The molecule has 0 heterocycles. The monoisotopic (exact) mass is 251 g/mol. The van der Waals surface area contributed by atoms with Gasteiger partial charge in [-0.25, -0.2) is 0 Å². The Morgan fingerprint density at radius 3 is 1.56 bits per heavy atom. The van der Waals surface area contributed by atoms with Gasteiger partial charge in [0, 0.05) is 5.54 Å². The third-order valence-corrected chi connectivity index (χ3v) is 3.74. The van der Waals surface area contributed by atoms with Gasteiger partial charge in [0.2, 0.25) is 0 Å². The maximum atomic E-state index is 11.4. The molecule has 0 aromatic rings. The minimum Gasteiger partial charge on any atom is -0.810 e. The van der Waals surface area contributed by atoms with Gasteiger partial charge in [-0.05, 0) is 33.8 Å².